The molecule has 1 N–H and O–H groups in total. The summed E-state index contributed by atoms with van der Waals surface area (Å²) in [7, 11) is 0. The predicted molar refractivity (Wildman–Crippen MR) is 46.9 cm³/mol. The first-order chi connectivity index (χ1) is 5.20. The third kappa shape index (κ3) is 6.32. The van der Waals surface area contributed by atoms with Gasteiger partial charge in [0.2, 0.25) is 0 Å². The second-order valence-corrected chi connectivity index (χ2v) is 3.11. The first kappa shape index (κ1) is 10.9. The van der Waals surface area contributed by atoms with Gasteiger partial charge in [-0.05, 0) is 26.2 Å². The van der Waals surface area contributed by atoms with Gasteiger partial charge in [-0.3, -0.25) is 5.32 Å². The Morgan fingerprint density at radius 3 is 2.45 bits per heavy atom. The minimum atomic E-state index is -0.551. The standard InChI is InChI=1S/C9H20NO/c1-4-6-7-9(11)10-8(3)5-2/h8-10H,4-7H2,1-3H3. The van der Waals surface area contributed by atoms with Gasteiger partial charge in [0.05, 0.1) is 0 Å². The first-order valence-corrected chi connectivity index (χ1v) is 4.62. The minimum Gasteiger partial charge on any atom is -0.287 e. The summed E-state index contributed by atoms with van der Waals surface area (Å²) in [6, 6.07) is 0.370. The third-order valence-electron chi connectivity index (χ3n) is 1.90. The molecule has 2 nitrogen and oxygen atoms in total. The van der Waals surface area contributed by atoms with E-state index >= 15 is 0 Å². The molecule has 2 heteroatoms. The van der Waals surface area contributed by atoms with Crippen molar-refractivity contribution in [2.24, 2.45) is 0 Å². The maximum atomic E-state index is 11.1. The fraction of sp³-hybridized carbons (Fsp3) is 1.00. The lowest BCUT2D eigenvalue weighted by Gasteiger charge is -2.15. The lowest BCUT2D eigenvalue weighted by Crippen LogP contribution is -2.34. The Bertz CT molecular complexity index is 85.6. The number of rotatable bonds is 6. The Kier molecular flexibility index (Phi) is 6.57. The smallest absolute Gasteiger partial charge is 0.144 e. The maximum absolute atomic E-state index is 11.1. The number of unbranched alkanes of at least 4 members (excludes halogenated alkanes) is 1. The topological polar surface area (TPSA) is 31.9 Å². The molecule has 0 aliphatic carbocycles. The van der Waals surface area contributed by atoms with Crippen LogP contribution in [0.4, 0.5) is 0 Å². The highest BCUT2D eigenvalue weighted by atomic mass is 16.3. The summed E-state index contributed by atoms with van der Waals surface area (Å²) in [5.74, 6) is 0. The van der Waals surface area contributed by atoms with Crippen LogP contribution in [0.15, 0.2) is 0 Å². The van der Waals surface area contributed by atoms with E-state index in [0.29, 0.717) is 6.04 Å². The van der Waals surface area contributed by atoms with E-state index in [2.05, 4.69) is 26.1 Å². The Labute approximate surface area is 70.0 Å². The van der Waals surface area contributed by atoms with Crippen LogP contribution in [0, 0.1) is 0 Å². The van der Waals surface area contributed by atoms with Crippen LogP contribution in [0.25, 0.3) is 0 Å². The Morgan fingerprint density at radius 1 is 1.36 bits per heavy atom. The van der Waals surface area contributed by atoms with Crippen LogP contribution in [-0.2, 0) is 5.11 Å². The van der Waals surface area contributed by atoms with E-state index < -0.39 is 6.23 Å². The Hall–Kier alpha value is -0.0800. The quantitative estimate of drug-likeness (QED) is 0.591. The normalized spacial score (nSPS) is 16.4. The van der Waals surface area contributed by atoms with Crippen molar-refractivity contribution < 1.29 is 5.11 Å². The van der Waals surface area contributed by atoms with Gasteiger partial charge in [0.25, 0.3) is 0 Å². The zero-order valence-corrected chi connectivity index (χ0v) is 7.89. The molecule has 0 aliphatic heterocycles. The summed E-state index contributed by atoms with van der Waals surface area (Å²) >= 11 is 0. The van der Waals surface area contributed by atoms with E-state index in [0.717, 1.165) is 25.7 Å². The highest BCUT2D eigenvalue weighted by molar-refractivity contribution is 4.60. The summed E-state index contributed by atoms with van der Waals surface area (Å²) in [5, 5.41) is 14.2. The predicted octanol–water partition coefficient (Wildman–Crippen LogP) is 2.32. The summed E-state index contributed by atoms with van der Waals surface area (Å²) in [6.07, 6.45) is 3.40. The van der Waals surface area contributed by atoms with Crippen LogP contribution >= 0.6 is 0 Å². The minimum absolute atomic E-state index is 0.370. The molecule has 0 bridgehead atoms. The summed E-state index contributed by atoms with van der Waals surface area (Å²) < 4.78 is 0. The molecule has 0 spiro atoms. The van der Waals surface area contributed by atoms with E-state index in [1.54, 1.807) is 0 Å². The highest BCUT2D eigenvalue weighted by Crippen LogP contribution is 2.00. The molecule has 67 valence electrons. The molecule has 0 aromatic carbocycles. The zero-order chi connectivity index (χ0) is 8.69. The lowest BCUT2D eigenvalue weighted by molar-refractivity contribution is 0.0407. The summed E-state index contributed by atoms with van der Waals surface area (Å²) in [6.45, 7) is 6.25. The monoisotopic (exact) mass is 158 g/mol. The van der Waals surface area contributed by atoms with Crippen molar-refractivity contribution in [3.8, 4) is 0 Å². The molecule has 2 unspecified atom stereocenters. The second-order valence-electron chi connectivity index (χ2n) is 3.11. The molecule has 0 fully saturated rings. The second kappa shape index (κ2) is 6.62. The third-order valence-corrected chi connectivity index (χ3v) is 1.90. The molecule has 0 aromatic heterocycles. The SMILES string of the molecule is CCCCC([O])NC(C)CC. The van der Waals surface area contributed by atoms with Gasteiger partial charge in [0.1, 0.15) is 6.23 Å². The Balaban J connectivity index is 3.27. The average molecular weight is 158 g/mol. The molecule has 0 rings (SSSR count). The molecular formula is C9H20NO. The zero-order valence-electron chi connectivity index (χ0n) is 7.89. The van der Waals surface area contributed by atoms with Gasteiger partial charge in [-0.15, -0.1) is 0 Å². The van der Waals surface area contributed by atoms with Gasteiger partial charge in [0.15, 0.2) is 0 Å². The summed E-state index contributed by atoms with van der Waals surface area (Å²) in [5.41, 5.74) is 0. The fourth-order valence-corrected chi connectivity index (χ4v) is 0.908. The van der Waals surface area contributed by atoms with Gasteiger partial charge in [-0.2, -0.15) is 0 Å². The van der Waals surface area contributed by atoms with Gasteiger partial charge in [-0.25, -0.2) is 5.11 Å². The lowest BCUT2D eigenvalue weighted by atomic mass is 10.2. The molecule has 0 heterocycles. The molecule has 0 aliphatic rings. The molecule has 0 amide bonds. The van der Waals surface area contributed by atoms with Crippen molar-refractivity contribution in [1.29, 1.82) is 0 Å². The van der Waals surface area contributed by atoms with Gasteiger partial charge in [0, 0.05) is 6.04 Å². The van der Waals surface area contributed by atoms with Crippen molar-refractivity contribution in [1.82, 2.24) is 5.32 Å². The van der Waals surface area contributed by atoms with Crippen LogP contribution in [-0.4, -0.2) is 12.3 Å². The Morgan fingerprint density at radius 2 is 2.00 bits per heavy atom. The van der Waals surface area contributed by atoms with Crippen LogP contribution in [0.5, 0.6) is 0 Å². The molecule has 11 heavy (non-hydrogen) atoms. The highest BCUT2D eigenvalue weighted by Gasteiger charge is 2.06. The van der Waals surface area contributed by atoms with E-state index in [-0.39, 0.29) is 0 Å². The average Bonchev–Trinajstić information content (AvgIpc) is 2.00. The molecule has 1 radical (unpaired) electrons. The number of nitrogens with one attached hydrogen (secondary N) is 1. The van der Waals surface area contributed by atoms with E-state index in [1.807, 2.05) is 0 Å². The van der Waals surface area contributed by atoms with Crippen LogP contribution < -0.4 is 5.32 Å². The molecular weight excluding hydrogens is 138 g/mol. The van der Waals surface area contributed by atoms with Crippen molar-refractivity contribution in [3.63, 3.8) is 0 Å². The van der Waals surface area contributed by atoms with Crippen LogP contribution in [0.3, 0.4) is 0 Å². The molecule has 0 aromatic rings. The van der Waals surface area contributed by atoms with Gasteiger partial charge < -0.3 is 0 Å². The van der Waals surface area contributed by atoms with Crippen molar-refractivity contribution in [3.05, 3.63) is 0 Å². The van der Waals surface area contributed by atoms with Crippen LogP contribution in [0.2, 0.25) is 0 Å². The molecule has 2 atom stereocenters. The molecule has 0 saturated heterocycles. The van der Waals surface area contributed by atoms with Crippen molar-refractivity contribution in [2.45, 2.75) is 58.7 Å². The van der Waals surface area contributed by atoms with E-state index in [9.17, 15) is 5.11 Å². The number of hydrogen-bond acceptors (Lipinski definition) is 1. The molecule has 0 saturated carbocycles. The fourth-order valence-electron chi connectivity index (χ4n) is 0.908. The summed E-state index contributed by atoms with van der Waals surface area (Å²) in [4.78, 5) is 0. The van der Waals surface area contributed by atoms with E-state index in [4.69, 9.17) is 0 Å². The van der Waals surface area contributed by atoms with Gasteiger partial charge >= 0.3 is 0 Å². The van der Waals surface area contributed by atoms with Crippen LogP contribution in [0.1, 0.15) is 46.5 Å². The number of hydrogen-bond donors (Lipinski definition) is 1. The van der Waals surface area contributed by atoms with E-state index in [1.165, 1.54) is 0 Å². The largest absolute Gasteiger partial charge is 0.287 e. The van der Waals surface area contributed by atoms with Gasteiger partial charge in [-0.1, -0.05) is 20.3 Å². The first-order valence-electron chi connectivity index (χ1n) is 4.62. The van der Waals surface area contributed by atoms with Crippen molar-refractivity contribution in [2.75, 3.05) is 0 Å². The van der Waals surface area contributed by atoms with Crippen molar-refractivity contribution >= 4 is 0 Å². The maximum Gasteiger partial charge on any atom is 0.144 e.